The van der Waals surface area contributed by atoms with Crippen molar-refractivity contribution in [3.8, 4) is 0 Å². The predicted octanol–water partition coefficient (Wildman–Crippen LogP) is 6.42. The molecule has 0 aliphatic rings. The summed E-state index contributed by atoms with van der Waals surface area (Å²) in [5, 5.41) is 5.16. The van der Waals surface area contributed by atoms with Gasteiger partial charge in [0.05, 0.1) is 1.37 Å². The molecule has 0 atom stereocenters. The number of hydrogen-bond donors (Lipinski definition) is 0. The molecular formula is C18H10S2. The Hall–Kier alpha value is -1.90. The van der Waals surface area contributed by atoms with Crippen LogP contribution < -0.4 is 0 Å². The van der Waals surface area contributed by atoms with Gasteiger partial charge in [-0.2, -0.15) is 0 Å². The standard InChI is InChI=1S/C18H10S2/c1-2-7-13-11(5-1)12-6-3-8-14-17(12)18-15(19-13)9-4-10-16(18)20-14/h1-10H/i7D. The molecule has 2 aromatic heterocycles. The molecule has 0 saturated carbocycles. The van der Waals surface area contributed by atoms with Gasteiger partial charge in [-0.1, -0.05) is 36.4 Å². The second kappa shape index (κ2) is 3.81. The molecule has 5 rings (SSSR count). The van der Waals surface area contributed by atoms with Crippen LogP contribution in [0.3, 0.4) is 0 Å². The number of hydrogen-bond acceptors (Lipinski definition) is 2. The second-order valence-corrected chi connectivity index (χ2v) is 7.06. The lowest BCUT2D eigenvalue weighted by Gasteiger charge is -1.97. The van der Waals surface area contributed by atoms with E-state index in [0.717, 1.165) is 4.70 Å². The van der Waals surface area contributed by atoms with Crippen LogP contribution in [0.25, 0.3) is 40.3 Å². The average Bonchev–Trinajstić information content (AvgIpc) is 2.80. The quantitative estimate of drug-likeness (QED) is 0.309. The van der Waals surface area contributed by atoms with E-state index in [-0.39, 0.29) is 0 Å². The van der Waals surface area contributed by atoms with Gasteiger partial charge in [0.1, 0.15) is 0 Å². The van der Waals surface area contributed by atoms with Crippen molar-refractivity contribution in [2.75, 3.05) is 0 Å². The zero-order chi connectivity index (χ0) is 14.0. The fraction of sp³-hybridized carbons (Fsp3) is 0. The molecule has 2 heterocycles. The van der Waals surface area contributed by atoms with Crippen LogP contribution in [0.15, 0.2) is 60.6 Å². The van der Waals surface area contributed by atoms with Crippen LogP contribution >= 0.6 is 22.7 Å². The Kier molecular flexibility index (Phi) is 1.89. The zero-order valence-corrected chi connectivity index (χ0v) is 12.1. The van der Waals surface area contributed by atoms with Gasteiger partial charge in [-0.05, 0) is 35.0 Å². The van der Waals surface area contributed by atoms with E-state index in [2.05, 4.69) is 42.5 Å². The summed E-state index contributed by atoms with van der Waals surface area (Å²) in [7, 11) is 0. The van der Waals surface area contributed by atoms with Crippen LogP contribution in [-0.2, 0) is 0 Å². The number of benzene rings is 3. The average molecular weight is 291 g/mol. The number of thiophene rings is 1. The van der Waals surface area contributed by atoms with Gasteiger partial charge in [-0.25, -0.2) is 0 Å². The normalized spacial score (nSPS) is 12.7. The molecule has 0 N–H and O–H groups in total. The van der Waals surface area contributed by atoms with Crippen LogP contribution in [0.5, 0.6) is 0 Å². The monoisotopic (exact) mass is 291 g/mol. The van der Waals surface area contributed by atoms with Crippen molar-refractivity contribution in [3.63, 3.8) is 0 Å². The van der Waals surface area contributed by atoms with Gasteiger partial charge in [0.25, 0.3) is 0 Å². The van der Waals surface area contributed by atoms with Crippen LogP contribution in [0.2, 0.25) is 0 Å². The van der Waals surface area contributed by atoms with Crippen molar-refractivity contribution in [1.29, 1.82) is 0 Å². The summed E-state index contributed by atoms with van der Waals surface area (Å²) in [4.78, 5) is 0. The lowest BCUT2D eigenvalue weighted by Crippen LogP contribution is -1.70. The molecule has 0 nitrogen and oxygen atoms in total. The number of fused-ring (bicyclic) bond motifs is 2. The minimum atomic E-state index is 0.611. The first-order chi connectivity index (χ1) is 10.3. The molecule has 0 amide bonds. The smallest absolute Gasteiger partial charge is 0.0638 e. The molecule has 0 unspecified atom stereocenters. The first kappa shape index (κ1) is 9.92. The van der Waals surface area contributed by atoms with E-state index in [9.17, 15) is 0 Å². The molecular weight excluding hydrogens is 280 g/mol. The van der Waals surface area contributed by atoms with Gasteiger partial charge in [-0.15, -0.1) is 22.7 Å². The fourth-order valence-electron chi connectivity index (χ4n) is 2.97. The van der Waals surface area contributed by atoms with Gasteiger partial charge in [0.15, 0.2) is 0 Å². The Bertz CT molecular complexity index is 1150. The third kappa shape index (κ3) is 1.30. The maximum atomic E-state index is 8.27. The number of rotatable bonds is 0. The van der Waals surface area contributed by atoms with Crippen LogP contribution in [0, 0.1) is 0 Å². The summed E-state index contributed by atoms with van der Waals surface area (Å²) < 4.78 is 13.3. The molecule has 5 aromatic rings. The van der Waals surface area contributed by atoms with Crippen molar-refractivity contribution in [2.24, 2.45) is 0 Å². The third-order valence-corrected chi connectivity index (χ3v) is 6.03. The highest BCUT2D eigenvalue weighted by molar-refractivity contribution is 7.29. The topological polar surface area (TPSA) is 0 Å². The van der Waals surface area contributed by atoms with Crippen molar-refractivity contribution < 1.29 is 1.37 Å². The van der Waals surface area contributed by atoms with Crippen molar-refractivity contribution in [2.45, 2.75) is 0 Å². The first-order valence-electron chi connectivity index (χ1n) is 7.05. The Morgan fingerprint density at radius 3 is 2.10 bits per heavy atom. The van der Waals surface area contributed by atoms with E-state index >= 15 is 0 Å². The summed E-state index contributed by atoms with van der Waals surface area (Å²) in [5.74, 6) is 0. The largest absolute Gasteiger partial charge is 0.135 e. The highest BCUT2D eigenvalue weighted by atomic mass is 32.1. The maximum Gasteiger partial charge on any atom is 0.0638 e. The summed E-state index contributed by atoms with van der Waals surface area (Å²) in [6.07, 6.45) is 0. The van der Waals surface area contributed by atoms with E-state index in [4.69, 9.17) is 1.37 Å². The SMILES string of the molecule is [2H]c1cccc2c1sc1cccc3sc4cccc2c4c31. The van der Waals surface area contributed by atoms with E-state index in [0.29, 0.717) is 6.04 Å². The zero-order valence-electron chi connectivity index (χ0n) is 11.5. The molecule has 0 saturated heterocycles. The molecule has 0 radical (unpaired) electrons. The Balaban J connectivity index is 2.31. The van der Waals surface area contributed by atoms with Gasteiger partial charge >= 0.3 is 0 Å². The summed E-state index contributed by atoms with van der Waals surface area (Å²) in [6, 6.07) is 19.6. The molecule has 3 aromatic carbocycles. The van der Waals surface area contributed by atoms with E-state index in [1.807, 2.05) is 23.5 Å². The minimum Gasteiger partial charge on any atom is -0.135 e. The van der Waals surface area contributed by atoms with Gasteiger partial charge in [0.2, 0.25) is 0 Å². The van der Waals surface area contributed by atoms with Crippen LogP contribution in [0.4, 0.5) is 0 Å². The predicted molar refractivity (Wildman–Crippen MR) is 92.2 cm³/mol. The van der Waals surface area contributed by atoms with Gasteiger partial charge in [0, 0.05) is 29.6 Å². The first-order valence-corrected chi connectivity index (χ1v) is 8.18. The second-order valence-electron chi connectivity index (χ2n) is 4.93. The Morgan fingerprint density at radius 2 is 1.25 bits per heavy atom. The van der Waals surface area contributed by atoms with Crippen LogP contribution in [0.1, 0.15) is 1.37 Å². The summed E-state index contributed by atoms with van der Waals surface area (Å²) in [6.45, 7) is 0. The highest BCUT2D eigenvalue weighted by Gasteiger charge is 2.12. The fourth-order valence-corrected chi connectivity index (χ4v) is 5.29. The molecule has 0 aliphatic heterocycles. The minimum absolute atomic E-state index is 0.611. The Labute approximate surface area is 125 Å². The van der Waals surface area contributed by atoms with E-state index < -0.39 is 0 Å². The lowest BCUT2D eigenvalue weighted by atomic mass is 10.1. The van der Waals surface area contributed by atoms with E-state index in [1.165, 1.54) is 35.6 Å². The van der Waals surface area contributed by atoms with E-state index in [1.54, 1.807) is 11.3 Å². The summed E-state index contributed by atoms with van der Waals surface area (Å²) >= 11 is 3.59. The summed E-state index contributed by atoms with van der Waals surface area (Å²) in [5.41, 5.74) is 0. The molecule has 0 aliphatic carbocycles. The Morgan fingerprint density at radius 1 is 0.600 bits per heavy atom. The van der Waals surface area contributed by atoms with Crippen molar-refractivity contribution in [3.05, 3.63) is 60.6 Å². The molecule has 0 bridgehead atoms. The molecule has 0 fully saturated rings. The third-order valence-electron chi connectivity index (χ3n) is 3.80. The molecule has 94 valence electrons. The maximum absolute atomic E-state index is 8.27. The highest BCUT2D eigenvalue weighted by Crippen LogP contribution is 2.43. The molecule has 2 heteroatoms. The van der Waals surface area contributed by atoms with Gasteiger partial charge in [-0.3, -0.25) is 0 Å². The van der Waals surface area contributed by atoms with Gasteiger partial charge < -0.3 is 0 Å². The van der Waals surface area contributed by atoms with Crippen molar-refractivity contribution in [1.82, 2.24) is 0 Å². The lowest BCUT2D eigenvalue weighted by molar-refractivity contribution is 1.85. The van der Waals surface area contributed by atoms with Crippen LogP contribution in [-0.4, -0.2) is 0 Å². The molecule has 0 spiro atoms. The van der Waals surface area contributed by atoms with Crippen molar-refractivity contribution >= 4 is 63.0 Å². The molecule has 20 heavy (non-hydrogen) atoms.